The van der Waals surface area contributed by atoms with Crippen molar-refractivity contribution >= 4 is 39.4 Å². The van der Waals surface area contributed by atoms with Crippen LogP contribution < -0.4 is 14.5 Å². The van der Waals surface area contributed by atoms with Crippen molar-refractivity contribution in [2.45, 2.75) is 96.2 Å². The molecule has 368 valence electrons. The molecule has 1 aliphatic rings. The van der Waals surface area contributed by atoms with Crippen molar-refractivity contribution in [3.63, 3.8) is 0 Å². The van der Waals surface area contributed by atoms with E-state index in [2.05, 4.69) is 88.2 Å². The zero-order chi connectivity index (χ0) is 51.8. The molecule has 1 aliphatic heterocycles. The molecule has 0 atom stereocenters. The molecule has 6 aromatic heterocycles. The van der Waals surface area contributed by atoms with Crippen molar-refractivity contribution in [1.29, 1.82) is 0 Å². The fourth-order valence-corrected chi connectivity index (χ4v) is 6.24. The van der Waals surface area contributed by atoms with E-state index in [9.17, 15) is 10.2 Å². The number of aliphatic imine (C=N–C) groups is 1. The van der Waals surface area contributed by atoms with E-state index in [-0.39, 0.29) is 11.5 Å². The Morgan fingerprint density at radius 1 is 0.486 bits per heavy atom. The second kappa shape index (κ2) is 38.0. The number of pyridine rings is 5. The molecule has 0 aliphatic carbocycles. The smallest absolute Gasteiger partial charge is 0.285 e. The number of anilines is 1. The Kier molecular flexibility index (Phi) is 32.6. The topological polar surface area (TPSA) is 127 Å². The fourth-order valence-electron chi connectivity index (χ4n) is 6.24. The van der Waals surface area contributed by atoms with Crippen LogP contribution in [0.5, 0.6) is 11.5 Å². The highest BCUT2D eigenvalue weighted by Crippen LogP contribution is 2.25. The van der Waals surface area contributed by atoms with Gasteiger partial charge in [-0.1, -0.05) is 126 Å². The molecule has 9 aromatic rings. The molecule has 10 rings (SSSR count). The standard InChI is InChI=1S/C15H14N2O2.C14H12N2.C10H8N2.C9H8N2.6C2H6/c18-14-8-3-1-6-12(14)16-10-5-11-17-13-7-2-4-9-15(13)19;1-3-11-5-6-12-4-2-8-16-10-9-15(7-1)13(11)14(12)16;1-3-7-11-9(5-1)10-6-2-4-8-12-10;1-2-6-10-8(4-1)9-5-3-7-11-9;6*1-2/h1-11,16,18-19H;1-8H,9-10H2;1-8H;1-7,11H;6*1-2H3/q;+2;;;;;;;;/b10-5-,17-11?;;;;;;;;;. The first-order valence-corrected chi connectivity index (χ1v) is 24.8. The van der Waals surface area contributed by atoms with Crippen LogP contribution in [0.15, 0.2) is 206 Å². The SMILES string of the molecule is CC.CC.CC.CC.CC.CC.Oc1ccccc1N=C/C=C\Nc1ccccc1O.c1cc2ccc3ccc[n+]4c3c2[n+](c1)CC4.c1ccc(-c2ccc[nH]2)nc1.c1ccc(-c2ccccn2)nc1. The molecule has 4 N–H and O–H groups in total. The zero-order valence-electron chi connectivity index (χ0n) is 43.6. The lowest BCUT2D eigenvalue weighted by atomic mass is 10.1. The fraction of sp³-hybridized carbons (Fsp3) is 0.233. The van der Waals surface area contributed by atoms with Crippen molar-refractivity contribution in [3.05, 3.63) is 201 Å². The highest BCUT2D eigenvalue weighted by Gasteiger charge is 2.26. The van der Waals surface area contributed by atoms with E-state index in [0.29, 0.717) is 11.4 Å². The Labute approximate surface area is 418 Å². The van der Waals surface area contributed by atoms with Crippen LogP contribution in [0.25, 0.3) is 44.6 Å². The minimum absolute atomic E-state index is 0.140. The van der Waals surface area contributed by atoms with Gasteiger partial charge in [0.25, 0.3) is 11.0 Å². The predicted octanol–water partition coefficient (Wildman–Crippen LogP) is 15.4. The summed E-state index contributed by atoms with van der Waals surface area (Å²) in [5.74, 6) is 0.325. The summed E-state index contributed by atoms with van der Waals surface area (Å²) >= 11 is 0. The van der Waals surface area contributed by atoms with Crippen molar-refractivity contribution in [2.75, 3.05) is 5.32 Å². The van der Waals surface area contributed by atoms with Crippen LogP contribution in [0.3, 0.4) is 0 Å². The first-order chi connectivity index (χ1) is 34.6. The number of H-pyrrole nitrogens is 1. The van der Waals surface area contributed by atoms with Gasteiger partial charge in [0.2, 0.25) is 13.1 Å². The second-order valence-electron chi connectivity index (χ2n) is 12.9. The highest BCUT2D eigenvalue weighted by molar-refractivity contribution is 5.98. The Bertz CT molecular complexity index is 2630. The number of nitrogens with zero attached hydrogens (tertiary/aromatic N) is 6. The summed E-state index contributed by atoms with van der Waals surface area (Å²) in [6, 6.07) is 48.3. The third kappa shape index (κ3) is 19.7. The average molecular weight is 943 g/mol. The average Bonchev–Trinajstić information content (AvgIpc) is 4.02. The number of allylic oxidation sites excluding steroid dienone is 1. The molecule has 70 heavy (non-hydrogen) atoms. The van der Waals surface area contributed by atoms with Crippen LogP contribution in [0, 0.1) is 0 Å². The van der Waals surface area contributed by atoms with Crippen LogP contribution in [0.1, 0.15) is 83.1 Å². The van der Waals surface area contributed by atoms with Gasteiger partial charge in [-0.15, -0.1) is 0 Å². The Morgan fingerprint density at radius 2 is 0.943 bits per heavy atom. The lowest BCUT2D eigenvalue weighted by Gasteiger charge is -2.08. The van der Waals surface area contributed by atoms with Gasteiger partial charge < -0.3 is 20.5 Å². The van der Waals surface area contributed by atoms with Gasteiger partial charge in [-0.05, 0) is 103 Å². The second-order valence-corrected chi connectivity index (χ2v) is 12.9. The number of phenolic OH excluding ortho intramolecular Hbond substituents is 2. The van der Waals surface area contributed by atoms with Gasteiger partial charge in [0.15, 0.2) is 12.4 Å². The van der Waals surface area contributed by atoms with Gasteiger partial charge in [0.1, 0.15) is 17.2 Å². The molecule has 0 radical (unpaired) electrons. The monoisotopic (exact) mass is 943 g/mol. The number of hydrogen-bond acceptors (Lipinski definition) is 7. The minimum atomic E-state index is 0.140. The lowest BCUT2D eigenvalue weighted by Crippen LogP contribution is -2.50. The lowest BCUT2D eigenvalue weighted by molar-refractivity contribution is -0.771. The summed E-state index contributed by atoms with van der Waals surface area (Å²) in [6.45, 7) is 26.1. The van der Waals surface area contributed by atoms with Crippen LogP contribution in [0.2, 0.25) is 0 Å². The number of phenols is 2. The van der Waals surface area contributed by atoms with E-state index >= 15 is 0 Å². The number of nitrogens with one attached hydrogen (secondary N) is 2. The number of aromatic hydroxyl groups is 2. The van der Waals surface area contributed by atoms with E-state index in [1.165, 1.54) is 21.8 Å². The largest absolute Gasteiger partial charge is 0.506 e. The van der Waals surface area contributed by atoms with Crippen molar-refractivity contribution in [1.82, 2.24) is 19.9 Å². The summed E-state index contributed by atoms with van der Waals surface area (Å²) in [6.07, 6.45) is 16.5. The van der Waals surface area contributed by atoms with E-state index in [1.54, 1.807) is 79.5 Å². The summed E-state index contributed by atoms with van der Waals surface area (Å²) in [5.41, 5.74) is 7.74. The molecule has 10 heteroatoms. The summed E-state index contributed by atoms with van der Waals surface area (Å²) in [7, 11) is 0. The molecular weight excluding hydrogens is 865 g/mol. The maximum Gasteiger partial charge on any atom is 0.285 e. The number of aromatic amines is 1. The molecule has 0 unspecified atom stereocenters. The van der Waals surface area contributed by atoms with Crippen LogP contribution >= 0.6 is 0 Å². The first kappa shape index (κ1) is 60.0. The van der Waals surface area contributed by atoms with Gasteiger partial charge in [0, 0.05) is 49.3 Å². The molecule has 3 aromatic carbocycles. The third-order valence-corrected chi connectivity index (χ3v) is 9.00. The number of rotatable bonds is 6. The van der Waals surface area contributed by atoms with Crippen molar-refractivity contribution < 1.29 is 19.3 Å². The molecule has 0 amide bonds. The van der Waals surface area contributed by atoms with Crippen LogP contribution in [0.4, 0.5) is 11.4 Å². The van der Waals surface area contributed by atoms with E-state index < -0.39 is 0 Å². The number of para-hydroxylation sites is 4. The summed E-state index contributed by atoms with van der Waals surface area (Å²) in [5, 5.41) is 24.6. The molecular formula is C60H78N8O2+2. The Hall–Kier alpha value is -7.98. The normalized spacial score (nSPS) is 9.89. The highest BCUT2D eigenvalue weighted by atomic mass is 16.3. The van der Waals surface area contributed by atoms with Gasteiger partial charge in [0.05, 0.1) is 39.2 Å². The zero-order valence-corrected chi connectivity index (χ0v) is 43.6. The van der Waals surface area contributed by atoms with Gasteiger partial charge >= 0.3 is 0 Å². The number of benzene rings is 3. The molecule has 7 heterocycles. The molecule has 0 fully saturated rings. The molecule has 0 bridgehead atoms. The Morgan fingerprint density at radius 3 is 1.39 bits per heavy atom. The number of hydrogen-bond donors (Lipinski definition) is 4. The molecule has 0 saturated carbocycles. The first-order valence-electron chi connectivity index (χ1n) is 24.8. The number of aromatic nitrogens is 6. The van der Waals surface area contributed by atoms with Crippen LogP contribution in [-0.2, 0) is 13.1 Å². The van der Waals surface area contributed by atoms with Gasteiger partial charge in [-0.2, -0.15) is 9.13 Å². The van der Waals surface area contributed by atoms with E-state index in [4.69, 9.17) is 0 Å². The van der Waals surface area contributed by atoms with E-state index in [0.717, 1.165) is 35.9 Å². The quantitative estimate of drug-likeness (QED) is 0.0569. The van der Waals surface area contributed by atoms with Crippen molar-refractivity contribution in [2.24, 2.45) is 4.99 Å². The van der Waals surface area contributed by atoms with Gasteiger partial charge in [-0.25, -0.2) is 0 Å². The maximum atomic E-state index is 9.52. The minimum Gasteiger partial charge on any atom is -0.506 e. The van der Waals surface area contributed by atoms with Crippen LogP contribution in [-0.4, -0.2) is 36.4 Å². The van der Waals surface area contributed by atoms with Crippen molar-refractivity contribution in [3.8, 4) is 34.3 Å². The molecule has 0 spiro atoms. The Balaban J connectivity index is 0.000000441. The third-order valence-electron chi connectivity index (χ3n) is 9.00. The van der Waals surface area contributed by atoms with Gasteiger partial charge in [-0.3, -0.25) is 19.9 Å². The number of aryl methyl sites for hydroxylation is 2. The van der Waals surface area contributed by atoms with E-state index in [1.807, 2.05) is 162 Å². The molecule has 0 saturated heterocycles. The summed E-state index contributed by atoms with van der Waals surface area (Å²) in [4.78, 5) is 19.7. The molecule has 10 nitrogen and oxygen atoms in total. The summed E-state index contributed by atoms with van der Waals surface area (Å²) < 4.78 is 4.72. The maximum absolute atomic E-state index is 9.52. The predicted molar refractivity (Wildman–Crippen MR) is 299 cm³/mol.